The van der Waals surface area contributed by atoms with E-state index in [1.807, 2.05) is 0 Å². The molecule has 35 heavy (non-hydrogen) atoms. The Morgan fingerprint density at radius 3 is 2.43 bits per heavy atom. The zero-order valence-corrected chi connectivity index (χ0v) is 21.3. The molecule has 6 nitrogen and oxygen atoms in total. The first-order valence-electron chi connectivity index (χ1n) is 12.6. The lowest BCUT2D eigenvalue weighted by atomic mass is 9.74. The van der Waals surface area contributed by atoms with Crippen molar-refractivity contribution in [1.82, 2.24) is 9.80 Å². The van der Waals surface area contributed by atoms with E-state index in [2.05, 4.69) is 53.5 Å². The molecule has 1 amide bonds. The summed E-state index contributed by atoms with van der Waals surface area (Å²) < 4.78 is 48.6. The highest BCUT2D eigenvalue weighted by Gasteiger charge is 2.50. The van der Waals surface area contributed by atoms with Crippen LogP contribution < -0.4 is 4.90 Å². The predicted octanol–water partition coefficient (Wildman–Crippen LogP) is 4.99. The van der Waals surface area contributed by atoms with Gasteiger partial charge in [0.1, 0.15) is 0 Å². The molecule has 0 aromatic heterocycles. The topological polar surface area (TPSA) is 45.2 Å². The van der Waals surface area contributed by atoms with Gasteiger partial charge in [0.15, 0.2) is 6.10 Å². The van der Waals surface area contributed by atoms with Gasteiger partial charge in [-0.1, -0.05) is 18.2 Å². The fourth-order valence-corrected chi connectivity index (χ4v) is 6.06. The second-order valence-electron chi connectivity index (χ2n) is 11.1. The number of likely N-dealkylation sites (tertiary alicyclic amines) is 2. The normalized spacial score (nSPS) is 23.5. The van der Waals surface area contributed by atoms with Crippen LogP contribution in [0.5, 0.6) is 0 Å². The fraction of sp³-hybridized carbons (Fsp3) is 0.731. The number of aryl methyl sites for hydroxylation is 1. The highest BCUT2D eigenvalue weighted by Crippen LogP contribution is 2.49. The van der Waals surface area contributed by atoms with Crippen LogP contribution in [0.25, 0.3) is 0 Å². The van der Waals surface area contributed by atoms with Gasteiger partial charge in [0, 0.05) is 50.5 Å². The summed E-state index contributed by atoms with van der Waals surface area (Å²) >= 11 is 0. The lowest BCUT2D eigenvalue weighted by Gasteiger charge is -2.39. The third kappa shape index (κ3) is 5.71. The number of anilines is 1. The number of carbonyl (C=O) groups excluding carboxylic acids is 1. The molecule has 1 aromatic carbocycles. The van der Waals surface area contributed by atoms with Crippen LogP contribution in [0.15, 0.2) is 18.2 Å². The molecule has 196 valence electrons. The number of carbonyl (C=O) groups is 1. The fourth-order valence-electron chi connectivity index (χ4n) is 6.06. The minimum absolute atomic E-state index is 0.0144. The van der Waals surface area contributed by atoms with Gasteiger partial charge in [-0.2, -0.15) is 13.2 Å². The van der Waals surface area contributed by atoms with Gasteiger partial charge in [-0.15, -0.1) is 0 Å². The summed E-state index contributed by atoms with van der Waals surface area (Å²) in [6.07, 6.45) is -4.96. The lowest BCUT2D eigenvalue weighted by molar-refractivity contribution is -0.200. The van der Waals surface area contributed by atoms with Gasteiger partial charge < -0.3 is 19.3 Å². The first-order chi connectivity index (χ1) is 16.4. The molecule has 1 aromatic rings. The molecule has 0 aliphatic carbocycles. The monoisotopic (exact) mass is 497 g/mol. The van der Waals surface area contributed by atoms with Crippen LogP contribution in [0.1, 0.15) is 51.2 Å². The number of ether oxygens (including phenoxy) is 2. The van der Waals surface area contributed by atoms with Crippen LogP contribution in [0.4, 0.5) is 23.7 Å². The number of para-hydroxylation sites is 1. The Balaban J connectivity index is 1.42. The van der Waals surface area contributed by atoms with Crippen molar-refractivity contribution in [2.24, 2.45) is 5.41 Å². The van der Waals surface area contributed by atoms with Crippen LogP contribution >= 0.6 is 0 Å². The standard InChI is InChI=1S/C26H38F3N3O3/c1-19-6-5-7-21(22(19)30-12-14-34-15-13-30)16-32-18-25(17-24(32,3)4)8-10-31(11-9-25)23(33)35-20(2)26(27,28)29/h5-7,20H,8-18H2,1-4H3. The van der Waals surface area contributed by atoms with Gasteiger partial charge in [0.25, 0.3) is 0 Å². The van der Waals surface area contributed by atoms with E-state index < -0.39 is 18.4 Å². The van der Waals surface area contributed by atoms with E-state index in [-0.39, 0.29) is 11.0 Å². The summed E-state index contributed by atoms with van der Waals surface area (Å²) in [4.78, 5) is 18.7. The molecule has 3 saturated heterocycles. The number of benzene rings is 1. The van der Waals surface area contributed by atoms with Crippen molar-refractivity contribution >= 4 is 11.8 Å². The highest BCUT2D eigenvalue weighted by molar-refractivity contribution is 5.68. The molecule has 0 N–H and O–H groups in total. The molecule has 3 fully saturated rings. The van der Waals surface area contributed by atoms with Crippen LogP contribution in [-0.2, 0) is 16.0 Å². The Morgan fingerprint density at radius 1 is 1.14 bits per heavy atom. The van der Waals surface area contributed by atoms with Crippen LogP contribution in [0.2, 0.25) is 0 Å². The largest absolute Gasteiger partial charge is 0.437 e. The van der Waals surface area contributed by atoms with Crippen molar-refractivity contribution in [2.75, 3.05) is 50.8 Å². The first kappa shape index (κ1) is 26.1. The number of alkyl halides is 3. The maximum atomic E-state index is 12.8. The molecule has 3 aliphatic rings. The Morgan fingerprint density at radius 2 is 1.80 bits per heavy atom. The van der Waals surface area contributed by atoms with Crippen molar-refractivity contribution < 1.29 is 27.4 Å². The number of halogens is 3. The molecule has 0 saturated carbocycles. The number of morpholine rings is 1. The molecule has 1 unspecified atom stereocenters. The van der Waals surface area contributed by atoms with E-state index in [4.69, 9.17) is 4.74 Å². The molecule has 3 aliphatic heterocycles. The SMILES string of the molecule is Cc1cccc(CN2CC3(CCN(C(=O)OC(C)C(F)(F)F)CC3)CC2(C)C)c1N1CCOCC1. The smallest absolute Gasteiger partial charge is 0.425 e. The number of nitrogens with zero attached hydrogens (tertiary/aromatic N) is 3. The predicted molar refractivity (Wildman–Crippen MR) is 129 cm³/mol. The number of hydrogen-bond donors (Lipinski definition) is 0. The number of piperidine rings is 1. The molecular formula is C26H38F3N3O3. The average Bonchev–Trinajstić information content (AvgIpc) is 3.03. The number of amides is 1. The van der Waals surface area contributed by atoms with E-state index in [9.17, 15) is 18.0 Å². The molecule has 9 heteroatoms. The molecule has 4 rings (SSSR count). The van der Waals surface area contributed by atoms with E-state index in [1.54, 1.807) is 0 Å². The van der Waals surface area contributed by atoms with Crippen molar-refractivity contribution in [3.63, 3.8) is 0 Å². The minimum Gasteiger partial charge on any atom is -0.437 e. The maximum absolute atomic E-state index is 12.8. The quantitative estimate of drug-likeness (QED) is 0.587. The van der Waals surface area contributed by atoms with Gasteiger partial charge >= 0.3 is 12.3 Å². The highest BCUT2D eigenvalue weighted by atomic mass is 19.4. The minimum atomic E-state index is -4.54. The van der Waals surface area contributed by atoms with Crippen LogP contribution in [0, 0.1) is 12.3 Å². The molecule has 0 bridgehead atoms. The van der Waals surface area contributed by atoms with E-state index in [0.29, 0.717) is 13.1 Å². The Bertz CT molecular complexity index is 907. The van der Waals surface area contributed by atoms with Crippen molar-refractivity contribution in [1.29, 1.82) is 0 Å². The second-order valence-corrected chi connectivity index (χ2v) is 11.1. The third-order valence-corrected chi connectivity index (χ3v) is 8.02. The molecule has 3 heterocycles. The molecular weight excluding hydrogens is 459 g/mol. The van der Waals surface area contributed by atoms with Crippen LogP contribution in [-0.4, -0.2) is 79.6 Å². The summed E-state index contributed by atoms with van der Waals surface area (Å²) in [7, 11) is 0. The summed E-state index contributed by atoms with van der Waals surface area (Å²) in [5, 5.41) is 0. The van der Waals surface area contributed by atoms with E-state index in [0.717, 1.165) is 65.6 Å². The maximum Gasteiger partial charge on any atom is 0.425 e. The van der Waals surface area contributed by atoms with Crippen molar-refractivity contribution in [3.05, 3.63) is 29.3 Å². The third-order valence-electron chi connectivity index (χ3n) is 8.02. The zero-order chi connectivity index (χ0) is 25.4. The van der Waals surface area contributed by atoms with Gasteiger partial charge in [0.05, 0.1) is 13.2 Å². The summed E-state index contributed by atoms with van der Waals surface area (Å²) in [5.41, 5.74) is 3.94. The first-order valence-corrected chi connectivity index (χ1v) is 12.6. The lowest BCUT2D eigenvalue weighted by Crippen LogP contribution is -2.46. The average molecular weight is 498 g/mol. The number of rotatable bonds is 4. The van der Waals surface area contributed by atoms with Gasteiger partial charge in [-0.05, 0) is 63.5 Å². The zero-order valence-electron chi connectivity index (χ0n) is 21.3. The van der Waals surface area contributed by atoms with Crippen molar-refractivity contribution in [2.45, 2.75) is 71.3 Å². The Kier molecular flexibility index (Phi) is 7.31. The summed E-state index contributed by atoms with van der Waals surface area (Å²) in [6.45, 7) is 13.5. The van der Waals surface area contributed by atoms with Crippen LogP contribution in [0.3, 0.4) is 0 Å². The summed E-state index contributed by atoms with van der Waals surface area (Å²) in [5.74, 6) is 0. The van der Waals surface area contributed by atoms with E-state index in [1.165, 1.54) is 21.7 Å². The van der Waals surface area contributed by atoms with Gasteiger partial charge in [-0.3, -0.25) is 4.90 Å². The number of hydrogen-bond acceptors (Lipinski definition) is 5. The molecule has 0 radical (unpaired) electrons. The second kappa shape index (κ2) is 9.81. The Labute approximate surface area is 206 Å². The van der Waals surface area contributed by atoms with Gasteiger partial charge in [0.2, 0.25) is 0 Å². The van der Waals surface area contributed by atoms with E-state index >= 15 is 0 Å². The summed E-state index contributed by atoms with van der Waals surface area (Å²) in [6, 6.07) is 6.51. The molecule has 1 spiro atoms. The van der Waals surface area contributed by atoms with Gasteiger partial charge in [-0.25, -0.2) is 4.79 Å². The molecule has 1 atom stereocenters. The Hall–Kier alpha value is -2.00. The van der Waals surface area contributed by atoms with Crippen molar-refractivity contribution in [3.8, 4) is 0 Å².